The zero-order valence-corrected chi connectivity index (χ0v) is 15.7. The molecule has 0 bridgehead atoms. The van der Waals surface area contributed by atoms with Crippen LogP contribution in [0.5, 0.6) is 0 Å². The van der Waals surface area contributed by atoms with Gasteiger partial charge in [0, 0.05) is 50.6 Å². The lowest BCUT2D eigenvalue weighted by atomic mass is 10.1. The number of rotatable bonds is 4. The molecule has 0 radical (unpaired) electrons. The van der Waals surface area contributed by atoms with Gasteiger partial charge in [-0.1, -0.05) is 25.0 Å². The Balaban J connectivity index is 1.33. The maximum Gasteiger partial charge on any atom is 0.253 e. The van der Waals surface area contributed by atoms with E-state index in [1.54, 1.807) is 0 Å². The Morgan fingerprint density at radius 2 is 1.48 bits per heavy atom. The molecule has 6 nitrogen and oxygen atoms in total. The molecule has 2 aliphatic heterocycles. The highest BCUT2D eigenvalue weighted by Crippen LogP contribution is 2.24. The van der Waals surface area contributed by atoms with Gasteiger partial charge in [0.1, 0.15) is 0 Å². The number of benzene rings is 1. The van der Waals surface area contributed by atoms with E-state index < -0.39 is 0 Å². The summed E-state index contributed by atoms with van der Waals surface area (Å²) in [5.74, 6) is -0.151. The number of piperazine rings is 1. The topological polar surface area (TPSA) is 60.9 Å². The van der Waals surface area contributed by atoms with Gasteiger partial charge in [0.25, 0.3) is 5.91 Å². The van der Waals surface area contributed by atoms with Crippen molar-refractivity contribution in [1.29, 1.82) is 0 Å². The molecule has 3 fully saturated rings. The van der Waals surface area contributed by atoms with E-state index in [1.807, 2.05) is 29.2 Å². The molecule has 0 unspecified atom stereocenters. The molecule has 3 aliphatic rings. The van der Waals surface area contributed by atoms with Gasteiger partial charge in [-0.05, 0) is 30.5 Å². The van der Waals surface area contributed by atoms with Crippen molar-refractivity contribution in [2.24, 2.45) is 0 Å². The molecule has 4 rings (SSSR count). The molecule has 2 saturated heterocycles. The molecule has 1 aromatic rings. The van der Waals surface area contributed by atoms with E-state index >= 15 is 0 Å². The first-order valence-electron chi connectivity index (χ1n) is 10.1. The first-order chi connectivity index (χ1) is 13.1. The lowest BCUT2D eigenvalue weighted by Gasteiger charge is -2.38. The number of hydrogen-bond donors (Lipinski definition) is 0. The molecule has 1 aromatic carbocycles. The second kappa shape index (κ2) is 7.80. The molecule has 6 heteroatoms. The van der Waals surface area contributed by atoms with E-state index in [0.29, 0.717) is 24.9 Å². The van der Waals surface area contributed by atoms with E-state index in [1.165, 1.54) is 30.6 Å². The van der Waals surface area contributed by atoms with Crippen LogP contribution in [-0.4, -0.2) is 64.6 Å². The number of carbonyl (C=O) groups excluding carboxylic acids is 3. The Hall–Kier alpha value is -2.21. The van der Waals surface area contributed by atoms with Crippen LogP contribution in [0.15, 0.2) is 24.3 Å². The summed E-state index contributed by atoms with van der Waals surface area (Å²) >= 11 is 0. The lowest BCUT2D eigenvalue weighted by Crippen LogP contribution is -2.51. The first-order valence-corrected chi connectivity index (χ1v) is 10.1. The molecule has 27 heavy (non-hydrogen) atoms. The van der Waals surface area contributed by atoms with Crippen LogP contribution in [0.4, 0.5) is 0 Å². The summed E-state index contributed by atoms with van der Waals surface area (Å²) in [6.07, 6.45) is 5.90. The highest BCUT2D eigenvalue weighted by Gasteiger charge is 2.30. The Bertz CT molecular complexity index is 701. The van der Waals surface area contributed by atoms with Crippen molar-refractivity contribution >= 4 is 17.7 Å². The SMILES string of the molecule is O=C(c1ccc(CN2C(=O)CCC2=O)cc1)N1CCN(C2CCCC2)CC1. The number of hydrogen-bond acceptors (Lipinski definition) is 4. The minimum atomic E-state index is -0.111. The average molecular weight is 369 g/mol. The monoisotopic (exact) mass is 369 g/mol. The predicted molar refractivity (Wildman–Crippen MR) is 101 cm³/mol. The molecule has 0 spiro atoms. The molecular formula is C21H27N3O3. The number of carbonyl (C=O) groups is 3. The normalized spacial score (nSPS) is 22.1. The van der Waals surface area contributed by atoms with Crippen molar-refractivity contribution in [3.8, 4) is 0 Å². The first kappa shape index (κ1) is 18.2. The third kappa shape index (κ3) is 3.90. The van der Waals surface area contributed by atoms with Gasteiger partial charge >= 0.3 is 0 Å². The third-order valence-corrected chi connectivity index (χ3v) is 6.14. The molecule has 2 heterocycles. The zero-order valence-electron chi connectivity index (χ0n) is 15.7. The summed E-state index contributed by atoms with van der Waals surface area (Å²) < 4.78 is 0. The number of likely N-dealkylation sites (tertiary alicyclic amines) is 1. The van der Waals surface area contributed by atoms with E-state index in [2.05, 4.69) is 4.90 Å². The van der Waals surface area contributed by atoms with Gasteiger partial charge in [0.05, 0.1) is 6.54 Å². The number of nitrogens with zero attached hydrogens (tertiary/aromatic N) is 3. The van der Waals surface area contributed by atoms with Crippen molar-refractivity contribution < 1.29 is 14.4 Å². The highest BCUT2D eigenvalue weighted by atomic mass is 16.2. The average Bonchev–Trinajstić information content (AvgIpc) is 3.34. The van der Waals surface area contributed by atoms with Gasteiger partial charge < -0.3 is 4.90 Å². The van der Waals surface area contributed by atoms with Crippen molar-refractivity contribution in [2.45, 2.75) is 51.1 Å². The molecule has 144 valence electrons. The zero-order chi connectivity index (χ0) is 18.8. The molecule has 1 saturated carbocycles. The van der Waals surface area contributed by atoms with Crippen LogP contribution in [0, 0.1) is 0 Å². The van der Waals surface area contributed by atoms with Crippen molar-refractivity contribution in [2.75, 3.05) is 26.2 Å². The third-order valence-electron chi connectivity index (χ3n) is 6.14. The second-order valence-corrected chi connectivity index (χ2v) is 7.84. The van der Waals surface area contributed by atoms with Gasteiger partial charge in [-0.25, -0.2) is 0 Å². The number of imide groups is 1. The maximum atomic E-state index is 12.8. The molecule has 3 amide bonds. The van der Waals surface area contributed by atoms with E-state index in [-0.39, 0.29) is 17.7 Å². The van der Waals surface area contributed by atoms with Crippen molar-refractivity contribution in [3.05, 3.63) is 35.4 Å². The van der Waals surface area contributed by atoms with Gasteiger partial charge in [0.2, 0.25) is 11.8 Å². The van der Waals surface area contributed by atoms with Crippen LogP contribution < -0.4 is 0 Å². The Labute approximate surface area is 160 Å². The summed E-state index contributed by atoms with van der Waals surface area (Å²) in [5, 5.41) is 0. The second-order valence-electron chi connectivity index (χ2n) is 7.84. The van der Waals surface area contributed by atoms with Gasteiger partial charge in [-0.2, -0.15) is 0 Å². The van der Waals surface area contributed by atoms with Gasteiger partial charge in [0.15, 0.2) is 0 Å². The van der Waals surface area contributed by atoms with E-state index in [0.717, 1.165) is 37.8 Å². The van der Waals surface area contributed by atoms with Crippen LogP contribution >= 0.6 is 0 Å². The fourth-order valence-electron chi connectivity index (χ4n) is 4.48. The molecule has 0 aromatic heterocycles. The van der Waals surface area contributed by atoms with Gasteiger partial charge in [-0.15, -0.1) is 0 Å². The number of amides is 3. The van der Waals surface area contributed by atoms with Crippen molar-refractivity contribution in [3.63, 3.8) is 0 Å². The van der Waals surface area contributed by atoms with Crippen molar-refractivity contribution in [1.82, 2.24) is 14.7 Å². The predicted octanol–water partition coefficient (Wildman–Crippen LogP) is 2.04. The van der Waals surface area contributed by atoms with E-state index in [9.17, 15) is 14.4 Å². The van der Waals surface area contributed by atoms with Crippen LogP contribution in [0.25, 0.3) is 0 Å². The highest BCUT2D eigenvalue weighted by molar-refractivity contribution is 6.01. The smallest absolute Gasteiger partial charge is 0.253 e. The van der Waals surface area contributed by atoms with E-state index in [4.69, 9.17) is 0 Å². The minimum Gasteiger partial charge on any atom is -0.336 e. The summed E-state index contributed by atoms with van der Waals surface area (Å²) in [4.78, 5) is 42.0. The molecule has 1 aliphatic carbocycles. The Morgan fingerprint density at radius 3 is 2.07 bits per heavy atom. The molecule has 0 atom stereocenters. The fraction of sp³-hybridized carbons (Fsp3) is 0.571. The van der Waals surface area contributed by atoms with Crippen LogP contribution in [0.1, 0.15) is 54.4 Å². The van der Waals surface area contributed by atoms with Gasteiger partial charge in [-0.3, -0.25) is 24.2 Å². The Kier molecular flexibility index (Phi) is 5.25. The summed E-state index contributed by atoms with van der Waals surface area (Å²) in [6, 6.07) is 8.04. The summed E-state index contributed by atoms with van der Waals surface area (Å²) in [5.41, 5.74) is 1.55. The Morgan fingerprint density at radius 1 is 0.889 bits per heavy atom. The summed E-state index contributed by atoms with van der Waals surface area (Å²) in [7, 11) is 0. The minimum absolute atomic E-state index is 0.0703. The maximum absolute atomic E-state index is 12.8. The quantitative estimate of drug-likeness (QED) is 0.762. The van der Waals surface area contributed by atoms with Crippen LogP contribution in [0.2, 0.25) is 0 Å². The molecular weight excluding hydrogens is 342 g/mol. The van der Waals surface area contributed by atoms with Crippen LogP contribution in [-0.2, 0) is 16.1 Å². The summed E-state index contributed by atoms with van der Waals surface area (Å²) in [6.45, 7) is 3.80. The molecule has 0 N–H and O–H groups in total. The largest absolute Gasteiger partial charge is 0.336 e. The lowest BCUT2D eigenvalue weighted by molar-refractivity contribution is -0.139. The fourth-order valence-corrected chi connectivity index (χ4v) is 4.48. The van der Waals surface area contributed by atoms with Crippen LogP contribution in [0.3, 0.4) is 0 Å². The standard InChI is InChI=1S/C21H27N3O3/c25-19-9-10-20(26)24(19)15-16-5-7-17(8-6-16)21(27)23-13-11-22(12-14-23)18-3-1-2-4-18/h5-8,18H,1-4,9-15H2.